The lowest BCUT2D eigenvalue weighted by atomic mass is 9.97. The van der Waals surface area contributed by atoms with Gasteiger partial charge in [-0.05, 0) is 19.5 Å². The second kappa shape index (κ2) is 2.70. The number of rotatable bonds is 0. The van der Waals surface area contributed by atoms with Crippen LogP contribution in [0.1, 0.15) is 6.42 Å². The number of hydrogen-bond acceptors (Lipinski definition) is 2. The maximum atomic E-state index is 5.53. The minimum atomic E-state index is 0.610. The number of nitrogens with zero attached hydrogens (tertiary/aromatic N) is 1. The van der Waals surface area contributed by atoms with Crippen LogP contribution in [-0.4, -0.2) is 25.2 Å². The summed E-state index contributed by atoms with van der Waals surface area (Å²) in [5.74, 6) is 1.78. The third-order valence-electron chi connectivity index (χ3n) is 2.20. The molecule has 2 nitrogen and oxygen atoms in total. The molecule has 2 aliphatic rings. The summed E-state index contributed by atoms with van der Waals surface area (Å²) in [5, 5.41) is 0. The summed E-state index contributed by atoms with van der Waals surface area (Å²) in [6.07, 6.45) is 7.51. The fraction of sp³-hybridized carbons (Fsp3) is 0.556. The Bertz CT molecular complexity index is 208. The zero-order valence-corrected chi connectivity index (χ0v) is 6.79. The van der Waals surface area contributed by atoms with E-state index in [0.29, 0.717) is 5.92 Å². The second-order valence-electron chi connectivity index (χ2n) is 3.24. The highest BCUT2D eigenvalue weighted by atomic mass is 16.5. The van der Waals surface area contributed by atoms with Crippen LogP contribution in [0.3, 0.4) is 0 Å². The quantitative estimate of drug-likeness (QED) is 0.518. The lowest BCUT2D eigenvalue weighted by Crippen LogP contribution is -2.35. The van der Waals surface area contributed by atoms with Crippen LogP contribution < -0.4 is 0 Å². The van der Waals surface area contributed by atoms with Gasteiger partial charge in [0, 0.05) is 12.5 Å². The molecule has 2 heteroatoms. The van der Waals surface area contributed by atoms with Crippen molar-refractivity contribution in [3.05, 3.63) is 24.0 Å². The summed E-state index contributed by atoms with van der Waals surface area (Å²) < 4.78 is 5.53. The molecule has 60 valence electrons. The van der Waals surface area contributed by atoms with Crippen LogP contribution in [-0.2, 0) is 4.74 Å². The van der Waals surface area contributed by atoms with Crippen molar-refractivity contribution in [3.8, 4) is 0 Å². The van der Waals surface area contributed by atoms with Gasteiger partial charge in [0.2, 0.25) is 0 Å². The maximum Gasteiger partial charge on any atom is 0.141 e. The molecule has 1 aliphatic heterocycles. The molecule has 2 rings (SSSR count). The van der Waals surface area contributed by atoms with E-state index < -0.39 is 0 Å². The summed E-state index contributed by atoms with van der Waals surface area (Å²) in [6, 6.07) is 0. The molecule has 11 heavy (non-hydrogen) atoms. The van der Waals surface area contributed by atoms with E-state index in [1.165, 1.54) is 5.76 Å². The first-order valence-corrected chi connectivity index (χ1v) is 4.04. The first-order chi connectivity index (χ1) is 5.36. The molecule has 0 N–H and O–H groups in total. The molecule has 0 spiro atoms. The molecule has 1 fully saturated rings. The van der Waals surface area contributed by atoms with Gasteiger partial charge in [-0.2, -0.15) is 0 Å². The van der Waals surface area contributed by atoms with Gasteiger partial charge in [-0.25, -0.2) is 0 Å². The number of ether oxygens (including phenoxy) is 1. The minimum Gasteiger partial charge on any atom is -0.482 e. The van der Waals surface area contributed by atoms with E-state index >= 15 is 0 Å². The molecule has 1 heterocycles. The average molecular weight is 151 g/mol. The van der Waals surface area contributed by atoms with Crippen LogP contribution >= 0.6 is 0 Å². The van der Waals surface area contributed by atoms with E-state index in [0.717, 1.165) is 19.7 Å². The summed E-state index contributed by atoms with van der Waals surface area (Å²) in [5.41, 5.74) is 0. The van der Waals surface area contributed by atoms with Gasteiger partial charge in [0.1, 0.15) is 12.5 Å². The lowest BCUT2D eigenvalue weighted by molar-refractivity contribution is 0.0202. The Labute approximate surface area is 67.1 Å². The van der Waals surface area contributed by atoms with Gasteiger partial charge in [-0.1, -0.05) is 12.2 Å². The topological polar surface area (TPSA) is 12.5 Å². The van der Waals surface area contributed by atoms with Crippen molar-refractivity contribution in [2.45, 2.75) is 6.42 Å². The molecule has 0 radical (unpaired) electrons. The van der Waals surface area contributed by atoms with Crippen molar-refractivity contribution in [1.82, 2.24) is 4.90 Å². The van der Waals surface area contributed by atoms with Gasteiger partial charge < -0.3 is 4.74 Å². The van der Waals surface area contributed by atoms with Crippen LogP contribution in [0, 0.1) is 5.92 Å². The molecular formula is C9H13NO. The number of allylic oxidation sites excluding steroid dienone is 3. The highest BCUT2D eigenvalue weighted by Crippen LogP contribution is 2.25. The minimum absolute atomic E-state index is 0.610. The molecule has 1 aliphatic carbocycles. The Morgan fingerprint density at radius 2 is 2.55 bits per heavy atom. The highest BCUT2D eigenvalue weighted by Gasteiger charge is 2.23. The molecule has 1 unspecified atom stereocenters. The zero-order chi connectivity index (χ0) is 7.68. The van der Waals surface area contributed by atoms with E-state index in [1.807, 2.05) is 0 Å². The second-order valence-corrected chi connectivity index (χ2v) is 3.24. The molecule has 0 amide bonds. The summed E-state index contributed by atoms with van der Waals surface area (Å²) in [4.78, 5) is 2.21. The average Bonchev–Trinajstić information content (AvgIpc) is 2.04. The summed E-state index contributed by atoms with van der Waals surface area (Å²) in [6.45, 7) is 1.88. The number of fused-ring (bicyclic) bond motifs is 1. The molecule has 0 saturated carbocycles. The normalized spacial score (nSPS) is 30.6. The third kappa shape index (κ3) is 1.31. The van der Waals surface area contributed by atoms with E-state index in [2.05, 4.69) is 30.2 Å². The number of hydrogen-bond donors (Lipinski definition) is 0. The third-order valence-corrected chi connectivity index (χ3v) is 2.20. The Morgan fingerprint density at radius 1 is 1.64 bits per heavy atom. The van der Waals surface area contributed by atoms with Crippen LogP contribution in [0.15, 0.2) is 24.0 Å². The van der Waals surface area contributed by atoms with Crippen molar-refractivity contribution >= 4 is 0 Å². The highest BCUT2D eigenvalue weighted by molar-refractivity contribution is 5.17. The summed E-state index contributed by atoms with van der Waals surface area (Å²) in [7, 11) is 2.09. The van der Waals surface area contributed by atoms with Gasteiger partial charge >= 0.3 is 0 Å². The first kappa shape index (κ1) is 6.92. The molecule has 0 aromatic heterocycles. The summed E-state index contributed by atoms with van der Waals surface area (Å²) >= 11 is 0. The molecular weight excluding hydrogens is 138 g/mol. The Kier molecular flexibility index (Phi) is 1.70. The molecule has 0 bridgehead atoms. The Morgan fingerprint density at radius 3 is 3.45 bits per heavy atom. The first-order valence-electron chi connectivity index (χ1n) is 4.04. The van der Waals surface area contributed by atoms with Crippen molar-refractivity contribution < 1.29 is 4.74 Å². The predicted molar refractivity (Wildman–Crippen MR) is 43.9 cm³/mol. The van der Waals surface area contributed by atoms with Crippen LogP contribution in [0.4, 0.5) is 0 Å². The molecule has 0 aromatic carbocycles. The van der Waals surface area contributed by atoms with E-state index in [-0.39, 0.29) is 0 Å². The SMILES string of the molecule is CN1COC2=CC=CCC2C1. The largest absolute Gasteiger partial charge is 0.482 e. The van der Waals surface area contributed by atoms with E-state index in [1.54, 1.807) is 0 Å². The van der Waals surface area contributed by atoms with E-state index in [9.17, 15) is 0 Å². The maximum absolute atomic E-state index is 5.53. The van der Waals surface area contributed by atoms with Gasteiger partial charge in [-0.15, -0.1) is 0 Å². The Balaban J connectivity index is 2.11. The standard InChI is InChI=1S/C9H13NO/c1-10-6-8-4-2-3-5-9(8)11-7-10/h2-3,5,8H,4,6-7H2,1H3. The van der Waals surface area contributed by atoms with Crippen LogP contribution in [0.5, 0.6) is 0 Å². The molecule has 1 atom stereocenters. The van der Waals surface area contributed by atoms with Gasteiger partial charge in [-0.3, -0.25) is 4.90 Å². The van der Waals surface area contributed by atoms with E-state index in [4.69, 9.17) is 4.74 Å². The zero-order valence-electron chi connectivity index (χ0n) is 6.79. The molecule has 0 aromatic rings. The lowest BCUT2D eigenvalue weighted by Gasteiger charge is -2.32. The van der Waals surface area contributed by atoms with Crippen molar-refractivity contribution in [3.63, 3.8) is 0 Å². The van der Waals surface area contributed by atoms with Crippen molar-refractivity contribution in [1.29, 1.82) is 0 Å². The van der Waals surface area contributed by atoms with Crippen molar-refractivity contribution in [2.75, 3.05) is 20.3 Å². The smallest absolute Gasteiger partial charge is 0.141 e. The van der Waals surface area contributed by atoms with Gasteiger partial charge in [0.15, 0.2) is 0 Å². The van der Waals surface area contributed by atoms with Gasteiger partial charge in [0.25, 0.3) is 0 Å². The van der Waals surface area contributed by atoms with Crippen LogP contribution in [0.25, 0.3) is 0 Å². The predicted octanol–water partition coefficient (Wildman–Crippen LogP) is 1.37. The van der Waals surface area contributed by atoms with Gasteiger partial charge in [0.05, 0.1) is 0 Å². The van der Waals surface area contributed by atoms with Crippen molar-refractivity contribution in [2.24, 2.45) is 5.92 Å². The Hall–Kier alpha value is -0.760. The molecule has 1 saturated heterocycles. The fourth-order valence-corrected chi connectivity index (χ4v) is 1.60. The fourth-order valence-electron chi connectivity index (χ4n) is 1.60. The van der Waals surface area contributed by atoms with Crippen LogP contribution in [0.2, 0.25) is 0 Å². The monoisotopic (exact) mass is 151 g/mol.